The van der Waals surface area contributed by atoms with Crippen LogP contribution in [0.15, 0.2) is 23.3 Å². The first-order valence-electron chi connectivity index (χ1n) is 22.9. The van der Waals surface area contributed by atoms with Crippen molar-refractivity contribution < 1.29 is 4.74 Å². The first kappa shape index (κ1) is 41.2. The molecule has 284 valence electrons. The van der Waals surface area contributed by atoms with Crippen molar-refractivity contribution in [2.24, 2.45) is 47.3 Å². The van der Waals surface area contributed by atoms with Crippen molar-refractivity contribution in [1.29, 1.82) is 0 Å². The fourth-order valence-corrected chi connectivity index (χ4v) is 10.7. The van der Waals surface area contributed by atoms with Crippen LogP contribution in [0.3, 0.4) is 0 Å². The molecule has 0 amide bonds. The molecule has 0 N–H and O–H groups in total. The molecule has 0 spiro atoms. The van der Waals surface area contributed by atoms with Crippen LogP contribution in [-0.2, 0) is 4.74 Å². The van der Waals surface area contributed by atoms with E-state index in [0.29, 0.717) is 0 Å². The van der Waals surface area contributed by atoms with Gasteiger partial charge in [-0.3, -0.25) is 0 Å². The summed E-state index contributed by atoms with van der Waals surface area (Å²) in [5, 5.41) is 0. The maximum atomic E-state index is 6.02. The summed E-state index contributed by atoms with van der Waals surface area (Å²) in [5.41, 5.74) is 3.54. The SMILES string of the molecule is CC(C)CC1CCC(CCCC2CC=C(CCCCCOCCCCCC3=CCC(CCCC4CCC(CC(C)C)CC4)CC3)CC2)CC1. The second-order valence-electron chi connectivity index (χ2n) is 19.1. The topological polar surface area (TPSA) is 9.23 Å². The van der Waals surface area contributed by atoms with Gasteiger partial charge < -0.3 is 4.74 Å². The predicted octanol–water partition coefficient (Wildman–Crippen LogP) is 15.6. The highest BCUT2D eigenvalue weighted by atomic mass is 16.5. The Morgan fingerprint density at radius 1 is 0.449 bits per heavy atom. The number of unbranched alkanes of at least 4 members (excludes halogenated alkanes) is 4. The highest BCUT2D eigenvalue weighted by molar-refractivity contribution is 5.07. The van der Waals surface area contributed by atoms with Crippen LogP contribution >= 0.6 is 0 Å². The van der Waals surface area contributed by atoms with E-state index in [-0.39, 0.29) is 0 Å². The molecule has 0 aliphatic heterocycles. The van der Waals surface area contributed by atoms with Crippen molar-refractivity contribution in [3.05, 3.63) is 23.3 Å². The quantitative estimate of drug-likeness (QED) is 0.0729. The predicted molar refractivity (Wildman–Crippen MR) is 216 cm³/mol. The molecule has 0 aromatic rings. The van der Waals surface area contributed by atoms with E-state index in [4.69, 9.17) is 4.74 Å². The van der Waals surface area contributed by atoms with Gasteiger partial charge in [-0.05, 0) is 137 Å². The standard InChI is InChI=1S/C48H86O/c1-39(2)37-47-31-27-45(28-32-47)17-11-15-43-23-19-41(20-24-43)13-7-5-9-35-49-36-10-6-8-14-42-21-25-44(26-22-42)16-12-18-46-29-33-48(34-30-46)38-40(3)4/h19,21,39-40,43-48H,5-18,20,22-38H2,1-4H3. The van der Waals surface area contributed by atoms with Gasteiger partial charge >= 0.3 is 0 Å². The minimum Gasteiger partial charge on any atom is -0.381 e. The average Bonchev–Trinajstić information content (AvgIpc) is 3.09. The maximum Gasteiger partial charge on any atom is 0.0466 e. The van der Waals surface area contributed by atoms with Crippen molar-refractivity contribution >= 4 is 0 Å². The molecule has 4 rings (SSSR count). The van der Waals surface area contributed by atoms with E-state index < -0.39 is 0 Å². The third-order valence-corrected chi connectivity index (χ3v) is 13.8. The van der Waals surface area contributed by atoms with Gasteiger partial charge in [0.05, 0.1) is 0 Å². The van der Waals surface area contributed by atoms with Gasteiger partial charge in [0.2, 0.25) is 0 Å². The molecule has 0 aromatic carbocycles. The summed E-state index contributed by atoms with van der Waals surface area (Å²) in [4.78, 5) is 0. The lowest BCUT2D eigenvalue weighted by Crippen LogP contribution is -2.16. The molecule has 0 aromatic heterocycles. The molecule has 0 saturated heterocycles. The van der Waals surface area contributed by atoms with E-state index in [9.17, 15) is 0 Å². The van der Waals surface area contributed by atoms with E-state index in [2.05, 4.69) is 39.8 Å². The Morgan fingerprint density at radius 2 is 0.837 bits per heavy atom. The minimum absolute atomic E-state index is 0.890. The second-order valence-corrected chi connectivity index (χ2v) is 19.1. The summed E-state index contributed by atoms with van der Waals surface area (Å²) >= 11 is 0. The van der Waals surface area contributed by atoms with Gasteiger partial charge in [-0.2, -0.15) is 0 Å². The molecule has 4 aliphatic carbocycles. The van der Waals surface area contributed by atoms with Crippen LogP contribution in [0.1, 0.15) is 220 Å². The van der Waals surface area contributed by atoms with Gasteiger partial charge in [0.15, 0.2) is 0 Å². The summed E-state index contributed by atoms with van der Waals surface area (Å²) in [6, 6.07) is 0. The monoisotopic (exact) mass is 679 g/mol. The molecule has 0 radical (unpaired) electrons. The van der Waals surface area contributed by atoms with Crippen LogP contribution in [0.5, 0.6) is 0 Å². The Morgan fingerprint density at radius 3 is 1.20 bits per heavy atom. The third kappa shape index (κ3) is 18.2. The maximum absolute atomic E-state index is 6.02. The average molecular weight is 679 g/mol. The van der Waals surface area contributed by atoms with Crippen molar-refractivity contribution in [3.8, 4) is 0 Å². The van der Waals surface area contributed by atoms with Gasteiger partial charge in [0.25, 0.3) is 0 Å². The molecule has 0 bridgehead atoms. The Hall–Kier alpha value is -0.560. The first-order valence-corrected chi connectivity index (χ1v) is 22.9. The lowest BCUT2D eigenvalue weighted by molar-refractivity contribution is 0.126. The van der Waals surface area contributed by atoms with Gasteiger partial charge in [0.1, 0.15) is 0 Å². The number of rotatable bonds is 24. The molecular weight excluding hydrogens is 593 g/mol. The van der Waals surface area contributed by atoms with E-state index in [1.165, 1.54) is 193 Å². The van der Waals surface area contributed by atoms with Gasteiger partial charge in [-0.1, -0.05) is 154 Å². The van der Waals surface area contributed by atoms with E-state index in [1.54, 1.807) is 11.1 Å². The Labute approximate surface area is 308 Å². The zero-order chi connectivity index (χ0) is 34.5. The van der Waals surface area contributed by atoms with Crippen LogP contribution < -0.4 is 0 Å². The van der Waals surface area contributed by atoms with Crippen LogP contribution in [0.2, 0.25) is 0 Å². The molecule has 2 saturated carbocycles. The normalized spacial score (nSPS) is 28.2. The van der Waals surface area contributed by atoms with E-state index >= 15 is 0 Å². The molecule has 4 aliphatic rings. The zero-order valence-electron chi connectivity index (χ0n) is 33.8. The van der Waals surface area contributed by atoms with Gasteiger partial charge in [-0.15, -0.1) is 0 Å². The third-order valence-electron chi connectivity index (χ3n) is 13.8. The largest absolute Gasteiger partial charge is 0.381 e. The molecule has 1 nitrogen and oxygen atoms in total. The minimum atomic E-state index is 0.890. The fourth-order valence-electron chi connectivity index (χ4n) is 10.7. The van der Waals surface area contributed by atoms with Crippen LogP contribution in [0.25, 0.3) is 0 Å². The van der Waals surface area contributed by atoms with Crippen molar-refractivity contribution in [2.45, 2.75) is 220 Å². The number of hydrogen-bond donors (Lipinski definition) is 0. The zero-order valence-corrected chi connectivity index (χ0v) is 33.8. The summed E-state index contributed by atoms with van der Waals surface area (Å²) in [5.74, 6) is 7.92. The number of ether oxygens (including phenoxy) is 1. The highest BCUT2D eigenvalue weighted by Crippen LogP contribution is 2.38. The second kappa shape index (κ2) is 24.6. The van der Waals surface area contributed by atoms with Crippen molar-refractivity contribution in [2.75, 3.05) is 13.2 Å². The Kier molecular flexibility index (Phi) is 20.7. The molecule has 2 atom stereocenters. The lowest BCUT2D eigenvalue weighted by Gasteiger charge is -2.30. The Bertz CT molecular complexity index is 807. The summed E-state index contributed by atoms with van der Waals surface area (Å²) < 4.78 is 6.02. The summed E-state index contributed by atoms with van der Waals surface area (Å²) in [6.07, 6.45) is 48.5. The van der Waals surface area contributed by atoms with Gasteiger partial charge in [0, 0.05) is 13.2 Å². The molecule has 2 unspecified atom stereocenters. The number of allylic oxidation sites excluding steroid dienone is 4. The molecule has 49 heavy (non-hydrogen) atoms. The fraction of sp³-hybridized carbons (Fsp3) is 0.917. The highest BCUT2D eigenvalue weighted by Gasteiger charge is 2.24. The van der Waals surface area contributed by atoms with Crippen LogP contribution in [0, 0.1) is 47.3 Å². The van der Waals surface area contributed by atoms with Crippen molar-refractivity contribution in [3.63, 3.8) is 0 Å². The smallest absolute Gasteiger partial charge is 0.0466 e. The van der Waals surface area contributed by atoms with Crippen LogP contribution in [0.4, 0.5) is 0 Å². The molecular formula is C48H86O. The molecule has 2 fully saturated rings. The Balaban J connectivity index is 0.880. The first-order chi connectivity index (χ1) is 23.9. The van der Waals surface area contributed by atoms with Gasteiger partial charge in [-0.25, -0.2) is 0 Å². The molecule has 0 heterocycles. The number of hydrogen-bond acceptors (Lipinski definition) is 1. The summed E-state index contributed by atoms with van der Waals surface area (Å²) in [7, 11) is 0. The van der Waals surface area contributed by atoms with Crippen molar-refractivity contribution in [1.82, 2.24) is 0 Å². The summed E-state index contributed by atoms with van der Waals surface area (Å²) in [6.45, 7) is 11.6. The lowest BCUT2D eigenvalue weighted by atomic mass is 9.76. The van der Waals surface area contributed by atoms with E-state index in [0.717, 1.165) is 60.6 Å². The van der Waals surface area contributed by atoms with Crippen LogP contribution in [-0.4, -0.2) is 13.2 Å². The molecule has 1 heteroatoms. The van der Waals surface area contributed by atoms with E-state index in [1.807, 2.05) is 0 Å².